The van der Waals surface area contributed by atoms with Gasteiger partial charge in [0.2, 0.25) is 5.91 Å². The van der Waals surface area contributed by atoms with Crippen LogP contribution >= 0.6 is 11.8 Å². The molecule has 1 aromatic heterocycles. The fourth-order valence-corrected chi connectivity index (χ4v) is 5.84. The third kappa shape index (κ3) is 5.96. The summed E-state index contributed by atoms with van der Waals surface area (Å²) >= 11 is 1.42. The van der Waals surface area contributed by atoms with Gasteiger partial charge in [-0.3, -0.25) is 14.3 Å². The first-order chi connectivity index (χ1) is 15.9. The molecular formula is C25H36FN5OS. The number of nitrogens with zero attached hydrogens (tertiary/aromatic N) is 4. The van der Waals surface area contributed by atoms with E-state index in [-0.39, 0.29) is 23.0 Å². The van der Waals surface area contributed by atoms with Crippen molar-refractivity contribution in [1.29, 1.82) is 0 Å². The van der Waals surface area contributed by atoms with Gasteiger partial charge in [0, 0.05) is 11.7 Å². The minimum absolute atomic E-state index is 0.0391. The third-order valence-electron chi connectivity index (χ3n) is 7.28. The first kappa shape index (κ1) is 24.2. The molecule has 2 heterocycles. The Balaban J connectivity index is 1.51. The fraction of sp³-hybridized carbons (Fsp3) is 0.640. The van der Waals surface area contributed by atoms with Crippen LogP contribution in [0.1, 0.15) is 65.1 Å². The van der Waals surface area contributed by atoms with Gasteiger partial charge >= 0.3 is 0 Å². The first-order valence-electron chi connectivity index (χ1n) is 12.3. The standard InChI is InChI=1S/C25H36FN5OS/c1-17-8-7-9-22(18(17)2)27-24(32)19(3)33-25-29-28-23(16-30-14-5-4-6-15-30)31(25)21-12-10-20(26)11-13-21/h10-13,17-19,22H,4-9,14-16H2,1-3H3,(H,27,32)/t17-,18-,19-,22+/m1/s1. The zero-order valence-corrected chi connectivity index (χ0v) is 20.8. The molecule has 2 fully saturated rings. The van der Waals surface area contributed by atoms with Gasteiger partial charge in [-0.2, -0.15) is 0 Å². The van der Waals surface area contributed by atoms with Crippen molar-refractivity contribution in [2.75, 3.05) is 13.1 Å². The Morgan fingerprint density at radius 2 is 1.85 bits per heavy atom. The molecule has 1 amide bonds. The number of likely N-dealkylation sites (tertiary alicyclic amines) is 1. The van der Waals surface area contributed by atoms with E-state index in [1.807, 2.05) is 11.5 Å². The molecule has 1 N–H and O–H groups in total. The lowest BCUT2D eigenvalue weighted by molar-refractivity contribution is -0.121. The van der Waals surface area contributed by atoms with Crippen molar-refractivity contribution < 1.29 is 9.18 Å². The van der Waals surface area contributed by atoms with Gasteiger partial charge in [0.15, 0.2) is 11.0 Å². The predicted molar refractivity (Wildman–Crippen MR) is 130 cm³/mol. The van der Waals surface area contributed by atoms with Gasteiger partial charge in [0.1, 0.15) is 5.82 Å². The number of carbonyl (C=O) groups excluding carboxylic acids is 1. The van der Waals surface area contributed by atoms with E-state index >= 15 is 0 Å². The van der Waals surface area contributed by atoms with E-state index in [2.05, 4.69) is 34.3 Å². The second-order valence-corrected chi connectivity index (χ2v) is 11.0. The molecule has 1 saturated heterocycles. The van der Waals surface area contributed by atoms with Crippen LogP contribution in [0.25, 0.3) is 5.69 Å². The molecule has 0 unspecified atom stereocenters. The maximum atomic E-state index is 13.6. The van der Waals surface area contributed by atoms with E-state index in [4.69, 9.17) is 0 Å². The lowest BCUT2D eigenvalue weighted by Gasteiger charge is -2.35. The molecule has 0 radical (unpaired) electrons. The second kappa shape index (κ2) is 11.0. The minimum atomic E-state index is -0.305. The summed E-state index contributed by atoms with van der Waals surface area (Å²) in [6.07, 6.45) is 7.10. The topological polar surface area (TPSA) is 63.1 Å². The van der Waals surface area contributed by atoms with Crippen LogP contribution < -0.4 is 5.32 Å². The lowest BCUT2D eigenvalue weighted by atomic mass is 9.78. The van der Waals surface area contributed by atoms with Gasteiger partial charge < -0.3 is 5.32 Å². The largest absolute Gasteiger partial charge is 0.352 e. The quantitative estimate of drug-likeness (QED) is 0.585. The highest BCUT2D eigenvalue weighted by Crippen LogP contribution is 2.31. The summed E-state index contributed by atoms with van der Waals surface area (Å²) in [7, 11) is 0. The van der Waals surface area contributed by atoms with Crippen molar-refractivity contribution in [1.82, 2.24) is 25.0 Å². The van der Waals surface area contributed by atoms with E-state index in [1.165, 1.54) is 49.6 Å². The molecule has 2 aliphatic rings. The first-order valence-corrected chi connectivity index (χ1v) is 13.2. The number of benzene rings is 1. The van der Waals surface area contributed by atoms with Gasteiger partial charge in [0.05, 0.1) is 11.8 Å². The average molecular weight is 474 g/mol. The molecule has 6 nitrogen and oxygen atoms in total. The maximum absolute atomic E-state index is 13.6. The summed E-state index contributed by atoms with van der Waals surface area (Å²) in [6, 6.07) is 6.64. The monoisotopic (exact) mass is 473 g/mol. The zero-order chi connectivity index (χ0) is 23.4. The van der Waals surface area contributed by atoms with Gasteiger partial charge in [-0.05, 0) is 75.4 Å². The van der Waals surface area contributed by atoms with Crippen LogP contribution in [0.2, 0.25) is 0 Å². The molecule has 0 spiro atoms. The minimum Gasteiger partial charge on any atom is -0.352 e. The summed E-state index contributed by atoms with van der Waals surface area (Å²) in [5.74, 6) is 1.71. The van der Waals surface area contributed by atoms with Crippen LogP contribution in [0.15, 0.2) is 29.4 Å². The SMILES string of the molecule is C[C@@H]1[C@H](C)CCC[C@@H]1NC(=O)[C@@H](C)Sc1nnc(CN2CCCCC2)n1-c1ccc(F)cc1. The number of rotatable bonds is 7. The normalized spacial score (nSPS) is 25.0. The van der Waals surface area contributed by atoms with Gasteiger partial charge in [-0.15, -0.1) is 10.2 Å². The number of hydrogen-bond donors (Lipinski definition) is 1. The van der Waals surface area contributed by atoms with E-state index in [0.29, 0.717) is 23.5 Å². The molecule has 8 heteroatoms. The molecule has 2 aromatic rings. The number of aromatic nitrogens is 3. The summed E-state index contributed by atoms with van der Waals surface area (Å²) < 4.78 is 15.6. The van der Waals surface area contributed by atoms with Gasteiger partial charge in [0.25, 0.3) is 0 Å². The van der Waals surface area contributed by atoms with Gasteiger partial charge in [-0.1, -0.05) is 44.9 Å². The molecule has 1 aromatic carbocycles. The Bertz CT molecular complexity index is 927. The lowest BCUT2D eigenvalue weighted by Crippen LogP contribution is -2.46. The summed E-state index contributed by atoms with van der Waals surface area (Å²) in [5, 5.41) is 12.6. The third-order valence-corrected chi connectivity index (χ3v) is 8.33. The van der Waals surface area contributed by atoms with Crippen LogP contribution in [0.3, 0.4) is 0 Å². The van der Waals surface area contributed by atoms with Crippen molar-refractivity contribution in [3.05, 3.63) is 35.9 Å². The number of piperidine rings is 1. The molecule has 4 atom stereocenters. The van der Waals surface area contributed by atoms with E-state index < -0.39 is 0 Å². The molecule has 4 rings (SSSR count). The predicted octanol–water partition coefficient (Wildman–Crippen LogP) is 4.81. The Morgan fingerprint density at radius 3 is 2.58 bits per heavy atom. The smallest absolute Gasteiger partial charge is 0.233 e. The zero-order valence-electron chi connectivity index (χ0n) is 20.0. The van der Waals surface area contributed by atoms with Crippen LogP contribution in [0.4, 0.5) is 4.39 Å². The van der Waals surface area contributed by atoms with Crippen LogP contribution in [0.5, 0.6) is 0 Å². The second-order valence-electron chi connectivity index (χ2n) is 9.69. The van der Waals surface area contributed by atoms with Crippen LogP contribution in [-0.4, -0.2) is 50.0 Å². The molecule has 1 aliphatic heterocycles. The van der Waals surface area contributed by atoms with Gasteiger partial charge in [-0.25, -0.2) is 4.39 Å². The highest BCUT2D eigenvalue weighted by atomic mass is 32.2. The van der Waals surface area contributed by atoms with Crippen molar-refractivity contribution in [2.45, 2.75) is 82.3 Å². The van der Waals surface area contributed by atoms with E-state index in [1.54, 1.807) is 12.1 Å². The number of hydrogen-bond acceptors (Lipinski definition) is 5. The number of nitrogens with one attached hydrogen (secondary N) is 1. The molecule has 1 aliphatic carbocycles. The molecule has 33 heavy (non-hydrogen) atoms. The van der Waals surface area contributed by atoms with Crippen molar-refractivity contribution >= 4 is 17.7 Å². The number of amides is 1. The molecule has 1 saturated carbocycles. The Labute approximate surface area is 200 Å². The number of carbonyl (C=O) groups is 1. The average Bonchev–Trinajstić information content (AvgIpc) is 3.19. The summed E-state index contributed by atoms with van der Waals surface area (Å²) in [4.78, 5) is 15.4. The Morgan fingerprint density at radius 1 is 1.12 bits per heavy atom. The Hall–Kier alpha value is -1.93. The molecular weight excluding hydrogens is 437 g/mol. The Kier molecular flexibility index (Phi) is 8.07. The van der Waals surface area contributed by atoms with Crippen molar-refractivity contribution in [2.24, 2.45) is 11.8 Å². The number of thioether (sulfide) groups is 1. The highest BCUT2D eigenvalue weighted by Gasteiger charge is 2.30. The summed E-state index contributed by atoms with van der Waals surface area (Å²) in [6.45, 7) is 9.24. The molecule has 0 bridgehead atoms. The summed E-state index contributed by atoms with van der Waals surface area (Å²) in [5.41, 5.74) is 0.818. The fourth-order valence-electron chi connectivity index (χ4n) is 4.94. The number of halogens is 1. The van der Waals surface area contributed by atoms with Crippen LogP contribution in [-0.2, 0) is 11.3 Å². The maximum Gasteiger partial charge on any atom is 0.233 e. The van der Waals surface area contributed by atoms with E-state index in [0.717, 1.165) is 37.4 Å². The van der Waals surface area contributed by atoms with Crippen molar-refractivity contribution in [3.63, 3.8) is 0 Å². The van der Waals surface area contributed by atoms with E-state index in [9.17, 15) is 9.18 Å². The van der Waals surface area contributed by atoms with Crippen molar-refractivity contribution in [3.8, 4) is 5.69 Å². The highest BCUT2D eigenvalue weighted by molar-refractivity contribution is 8.00. The van der Waals surface area contributed by atoms with Crippen LogP contribution in [0, 0.1) is 17.7 Å². The molecule has 180 valence electrons.